The summed E-state index contributed by atoms with van der Waals surface area (Å²) >= 11 is 0. The molecule has 1 heteroatoms. The third kappa shape index (κ3) is 6.73. The summed E-state index contributed by atoms with van der Waals surface area (Å²) in [5.41, 5.74) is 15.2. The van der Waals surface area contributed by atoms with Crippen molar-refractivity contribution in [3.05, 3.63) is 249 Å². The average Bonchev–Trinajstić information content (AvgIpc) is 3.35. The summed E-state index contributed by atoms with van der Waals surface area (Å²) in [5, 5.41) is 7.35. The van der Waals surface area contributed by atoms with E-state index in [-0.39, 0.29) is 0 Å². The molecule has 0 saturated carbocycles. The van der Waals surface area contributed by atoms with Crippen LogP contribution in [0.25, 0.3) is 88.0 Å². The maximum atomic E-state index is 2.49. The maximum Gasteiger partial charge on any atom is 0.0624 e. The summed E-state index contributed by atoms with van der Waals surface area (Å²) < 4.78 is 0. The zero-order valence-electron chi connectivity index (χ0n) is 33.6. The molecular formula is C60H41N. The Balaban J connectivity index is 1.16. The normalized spacial score (nSPS) is 11.3. The number of nitrogens with zero attached hydrogens (tertiary/aromatic N) is 1. The first-order valence-corrected chi connectivity index (χ1v) is 21.0. The minimum atomic E-state index is 1.08. The Hall–Kier alpha value is -8.00. The van der Waals surface area contributed by atoms with Crippen LogP contribution in [0.15, 0.2) is 249 Å². The molecule has 0 bridgehead atoms. The monoisotopic (exact) mass is 775 g/mol. The topological polar surface area (TPSA) is 3.24 Å². The third-order valence-electron chi connectivity index (χ3n) is 12.0. The standard InChI is InChI=1S/C60H41N/c1-3-17-42(18-4-1)46-23-13-24-47(39-46)44-35-37-51(38-36-44)61(52-28-15-25-48(41-52)43-19-5-2-6-20-43)60-58-33-12-10-31-56(58)55-30-9-11-32-57(55)59(60)50-27-14-26-49(40-50)54-34-16-22-45-21-7-8-29-53(45)54/h1-41H. The first-order valence-electron chi connectivity index (χ1n) is 21.0. The summed E-state index contributed by atoms with van der Waals surface area (Å²) in [5.74, 6) is 0. The average molecular weight is 776 g/mol. The molecule has 0 radical (unpaired) electrons. The smallest absolute Gasteiger partial charge is 0.0624 e. The Bertz CT molecular complexity index is 3340. The summed E-state index contributed by atoms with van der Waals surface area (Å²) in [4.78, 5) is 2.49. The molecule has 0 aliphatic heterocycles. The number of hydrogen-bond donors (Lipinski definition) is 0. The van der Waals surface area contributed by atoms with Crippen LogP contribution in [0.1, 0.15) is 0 Å². The van der Waals surface area contributed by atoms with E-state index in [4.69, 9.17) is 0 Å². The lowest BCUT2D eigenvalue weighted by Crippen LogP contribution is -2.12. The summed E-state index contributed by atoms with van der Waals surface area (Å²) in [6.07, 6.45) is 0. The van der Waals surface area contributed by atoms with Gasteiger partial charge in [0.15, 0.2) is 0 Å². The van der Waals surface area contributed by atoms with Gasteiger partial charge in [0.1, 0.15) is 0 Å². The van der Waals surface area contributed by atoms with E-state index in [1.54, 1.807) is 0 Å². The van der Waals surface area contributed by atoms with Crippen LogP contribution in [0.2, 0.25) is 0 Å². The maximum absolute atomic E-state index is 2.49. The highest BCUT2D eigenvalue weighted by molar-refractivity contribution is 6.22. The van der Waals surface area contributed by atoms with Gasteiger partial charge in [-0.2, -0.15) is 0 Å². The first-order chi connectivity index (χ1) is 30.3. The van der Waals surface area contributed by atoms with Crippen molar-refractivity contribution in [1.29, 1.82) is 0 Å². The Morgan fingerprint density at radius 2 is 0.672 bits per heavy atom. The molecule has 11 aromatic rings. The summed E-state index contributed by atoms with van der Waals surface area (Å²) in [6.45, 7) is 0. The molecule has 0 aromatic heterocycles. The predicted molar refractivity (Wildman–Crippen MR) is 261 cm³/mol. The van der Waals surface area contributed by atoms with E-state index >= 15 is 0 Å². The second kappa shape index (κ2) is 15.6. The number of anilines is 3. The molecule has 11 aromatic carbocycles. The Labute approximate surface area is 357 Å². The van der Waals surface area contributed by atoms with E-state index in [0.717, 1.165) is 17.1 Å². The molecule has 0 saturated heterocycles. The molecule has 0 N–H and O–H groups in total. The van der Waals surface area contributed by atoms with Crippen LogP contribution < -0.4 is 4.90 Å². The van der Waals surface area contributed by atoms with Crippen molar-refractivity contribution in [1.82, 2.24) is 0 Å². The highest BCUT2D eigenvalue weighted by atomic mass is 15.1. The van der Waals surface area contributed by atoms with E-state index in [1.807, 2.05) is 0 Å². The lowest BCUT2D eigenvalue weighted by Gasteiger charge is -2.31. The van der Waals surface area contributed by atoms with Gasteiger partial charge in [-0.1, -0.05) is 212 Å². The van der Waals surface area contributed by atoms with Crippen LogP contribution in [-0.2, 0) is 0 Å². The molecule has 0 heterocycles. The Kier molecular flexibility index (Phi) is 9.26. The molecular weight excluding hydrogens is 735 g/mol. The van der Waals surface area contributed by atoms with Crippen molar-refractivity contribution in [2.75, 3.05) is 4.90 Å². The predicted octanol–water partition coefficient (Wildman–Crippen LogP) is 17.0. The van der Waals surface area contributed by atoms with Crippen LogP contribution in [0.3, 0.4) is 0 Å². The van der Waals surface area contributed by atoms with Crippen molar-refractivity contribution in [3.8, 4) is 55.6 Å². The molecule has 0 atom stereocenters. The Morgan fingerprint density at radius 3 is 1.36 bits per heavy atom. The van der Waals surface area contributed by atoms with Crippen molar-refractivity contribution in [3.63, 3.8) is 0 Å². The number of benzene rings is 11. The molecule has 286 valence electrons. The lowest BCUT2D eigenvalue weighted by molar-refractivity contribution is 1.30. The minimum Gasteiger partial charge on any atom is -0.309 e. The van der Waals surface area contributed by atoms with Crippen LogP contribution in [0.4, 0.5) is 17.1 Å². The molecule has 0 aliphatic carbocycles. The molecule has 1 nitrogen and oxygen atoms in total. The van der Waals surface area contributed by atoms with E-state index in [9.17, 15) is 0 Å². The van der Waals surface area contributed by atoms with E-state index in [2.05, 4.69) is 254 Å². The van der Waals surface area contributed by atoms with Crippen LogP contribution in [0, 0.1) is 0 Å². The molecule has 61 heavy (non-hydrogen) atoms. The largest absolute Gasteiger partial charge is 0.309 e. The summed E-state index contributed by atoms with van der Waals surface area (Å²) in [6, 6.07) is 90.6. The zero-order valence-corrected chi connectivity index (χ0v) is 33.6. The zero-order chi connectivity index (χ0) is 40.5. The van der Waals surface area contributed by atoms with Crippen LogP contribution in [-0.4, -0.2) is 0 Å². The van der Waals surface area contributed by atoms with E-state index in [0.29, 0.717) is 0 Å². The van der Waals surface area contributed by atoms with Crippen LogP contribution >= 0.6 is 0 Å². The van der Waals surface area contributed by atoms with Gasteiger partial charge in [-0.15, -0.1) is 0 Å². The fraction of sp³-hybridized carbons (Fsp3) is 0. The third-order valence-corrected chi connectivity index (χ3v) is 12.0. The molecule has 0 spiro atoms. The SMILES string of the molecule is c1ccc(-c2cccc(-c3ccc(N(c4cccc(-c5ccccc5)c4)c4c(-c5cccc(-c6cccc7ccccc67)c5)c5ccccc5c5ccccc45)cc3)c2)cc1. The van der Waals surface area contributed by atoms with Gasteiger partial charge in [-0.25, -0.2) is 0 Å². The van der Waals surface area contributed by atoms with Crippen molar-refractivity contribution in [2.45, 2.75) is 0 Å². The van der Waals surface area contributed by atoms with Gasteiger partial charge in [-0.3, -0.25) is 0 Å². The van der Waals surface area contributed by atoms with Crippen molar-refractivity contribution >= 4 is 49.4 Å². The molecule has 0 unspecified atom stereocenters. The molecule has 11 rings (SSSR count). The second-order valence-electron chi connectivity index (χ2n) is 15.7. The summed E-state index contributed by atoms with van der Waals surface area (Å²) in [7, 11) is 0. The minimum absolute atomic E-state index is 1.08. The van der Waals surface area contributed by atoms with Gasteiger partial charge in [0.2, 0.25) is 0 Å². The second-order valence-corrected chi connectivity index (χ2v) is 15.7. The quantitative estimate of drug-likeness (QED) is 0.139. The lowest BCUT2D eigenvalue weighted by atomic mass is 9.88. The van der Waals surface area contributed by atoms with Crippen molar-refractivity contribution < 1.29 is 0 Å². The van der Waals surface area contributed by atoms with Gasteiger partial charge >= 0.3 is 0 Å². The van der Waals surface area contributed by atoms with Gasteiger partial charge in [0.05, 0.1) is 5.69 Å². The van der Waals surface area contributed by atoms with Gasteiger partial charge in [0.25, 0.3) is 0 Å². The Morgan fingerprint density at radius 1 is 0.230 bits per heavy atom. The molecule has 0 aliphatic rings. The van der Waals surface area contributed by atoms with E-state index < -0.39 is 0 Å². The first kappa shape index (κ1) is 36.1. The highest BCUT2D eigenvalue weighted by Crippen LogP contribution is 2.50. The van der Waals surface area contributed by atoms with Crippen LogP contribution in [0.5, 0.6) is 0 Å². The fourth-order valence-electron chi connectivity index (χ4n) is 9.14. The molecule has 0 amide bonds. The fourth-order valence-corrected chi connectivity index (χ4v) is 9.14. The number of hydrogen-bond acceptors (Lipinski definition) is 1. The molecule has 0 fully saturated rings. The van der Waals surface area contributed by atoms with Gasteiger partial charge in [0, 0.05) is 22.3 Å². The highest BCUT2D eigenvalue weighted by Gasteiger charge is 2.24. The van der Waals surface area contributed by atoms with E-state index in [1.165, 1.54) is 88.0 Å². The number of fused-ring (bicyclic) bond motifs is 4. The van der Waals surface area contributed by atoms with Crippen molar-refractivity contribution in [2.24, 2.45) is 0 Å². The van der Waals surface area contributed by atoms with Gasteiger partial charge in [-0.05, 0) is 113 Å². The van der Waals surface area contributed by atoms with Gasteiger partial charge < -0.3 is 4.90 Å². The number of rotatable bonds is 8.